The van der Waals surface area contributed by atoms with Crippen LogP contribution in [0.1, 0.15) is 33.3 Å². The van der Waals surface area contributed by atoms with Gasteiger partial charge in [0.2, 0.25) is 5.76 Å². The van der Waals surface area contributed by atoms with Gasteiger partial charge >= 0.3 is 0 Å². The van der Waals surface area contributed by atoms with Gasteiger partial charge in [0, 0.05) is 17.0 Å². The minimum absolute atomic E-state index is 0.0922. The predicted octanol–water partition coefficient (Wildman–Crippen LogP) is 5.46. The van der Waals surface area contributed by atoms with E-state index in [0.717, 1.165) is 21.9 Å². The summed E-state index contributed by atoms with van der Waals surface area (Å²) in [4.78, 5) is 33.2. The van der Waals surface area contributed by atoms with Gasteiger partial charge in [0.15, 0.2) is 10.6 Å². The number of fused-ring (bicyclic) bond motifs is 4. The van der Waals surface area contributed by atoms with Gasteiger partial charge in [-0.3, -0.25) is 14.5 Å². The average Bonchev–Trinajstić information content (AvgIpc) is 3.41. The van der Waals surface area contributed by atoms with E-state index in [1.54, 1.807) is 17.2 Å². The van der Waals surface area contributed by atoms with E-state index in [1.165, 1.54) is 11.3 Å². The molecule has 3 heterocycles. The lowest BCUT2D eigenvalue weighted by atomic mass is 9.97. The highest BCUT2D eigenvalue weighted by molar-refractivity contribution is 7.13. The second-order valence-electron chi connectivity index (χ2n) is 7.64. The number of thiazole rings is 1. The molecule has 0 spiro atoms. The second-order valence-corrected chi connectivity index (χ2v) is 8.51. The Hall–Kier alpha value is -3.77. The highest BCUT2D eigenvalue weighted by atomic mass is 32.1. The van der Waals surface area contributed by atoms with Crippen LogP contribution in [-0.4, -0.2) is 10.9 Å². The van der Waals surface area contributed by atoms with Crippen molar-refractivity contribution in [1.82, 2.24) is 4.98 Å². The van der Waals surface area contributed by atoms with Crippen LogP contribution >= 0.6 is 11.3 Å². The summed E-state index contributed by atoms with van der Waals surface area (Å²) in [5.74, 6) is -0.253. The molecule has 5 nitrogen and oxygen atoms in total. The smallest absolute Gasteiger partial charge is 0.297 e. The summed E-state index contributed by atoms with van der Waals surface area (Å²) in [6.07, 6.45) is 1.65. The summed E-state index contributed by atoms with van der Waals surface area (Å²) in [6, 6.07) is 18.7. The number of rotatable bonds is 2. The summed E-state index contributed by atoms with van der Waals surface area (Å²) in [5.41, 5.74) is 2.58. The molecule has 3 aromatic carbocycles. The van der Waals surface area contributed by atoms with Gasteiger partial charge in [-0.2, -0.15) is 0 Å². The van der Waals surface area contributed by atoms with Gasteiger partial charge in [-0.15, -0.1) is 11.3 Å². The van der Waals surface area contributed by atoms with Gasteiger partial charge in [0.05, 0.1) is 17.0 Å². The average molecular weight is 424 g/mol. The first-order valence-corrected chi connectivity index (χ1v) is 10.8. The third-order valence-electron chi connectivity index (χ3n) is 5.78. The number of carbonyl (C=O) groups excluding carboxylic acids is 1. The fraction of sp³-hybridized carbons (Fsp3) is 0.0800. The Labute approximate surface area is 181 Å². The van der Waals surface area contributed by atoms with Crippen molar-refractivity contribution in [3.05, 3.63) is 105 Å². The van der Waals surface area contributed by atoms with Crippen LogP contribution in [0.15, 0.2) is 81.5 Å². The van der Waals surface area contributed by atoms with Crippen molar-refractivity contribution in [3.63, 3.8) is 0 Å². The second kappa shape index (κ2) is 6.62. The lowest BCUT2D eigenvalue weighted by Gasteiger charge is -2.22. The standard InChI is InChI=1S/C25H16N2O3S/c1-14-6-8-16(9-7-14)20-19-21(28)18-11-10-15-4-2-3-5-17(15)22(18)30-23(19)24(29)27(20)25-26-12-13-31-25/h2-13,20H,1H3. The summed E-state index contributed by atoms with van der Waals surface area (Å²) < 4.78 is 6.20. The van der Waals surface area contributed by atoms with Crippen LogP contribution in [0.3, 0.4) is 0 Å². The zero-order chi connectivity index (χ0) is 21.1. The van der Waals surface area contributed by atoms with Crippen LogP contribution < -0.4 is 10.3 Å². The number of benzene rings is 3. The number of aromatic nitrogens is 1. The van der Waals surface area contributed by atoms with E-state index in [9.17, 15) is 9.59 Å². The fourth-order valence-electron chi connectivity index (χ4n) is 4.30. The summed E-state index contributed by atoms with van der Waals surface area (Å²) in [6.45, 7) is 2.00. The fourth-order valence-corrected chi connectivity index (χ4v) is 4.96. The molecule has 5 aromatic rings. The number of hydrogen-bond donors (Lipinski definition) is 0. The third kappa shape index (κ3) is 2.58. The molecule has 31 heavy (non-hydrogen) atoms. The van der Waals surface area contributed by atoms with Crippen molar-refractivity contribution in [2.45, 2.75) is 13.0 Å². The zero-order valence-electron chi connectivity index (χ0n) is 16.5. The monoisotopic (exact) mass is 424 g/mol. The SMILES string of the molecule is Cc1ccc(C2c3c(oc4c(ccc5ccccc54)c3=O)C(=O)N2c2nccs2)cc1. The molecule has 1 aliphatic heterocycles. The van der Waals surface area contributed by atoms with Crippen molar-refractivity contribution < 1.29 is 9.21 Å². The van der Waals surface area contributed by atoms with Gasteiger partial charge < -0.3 is 4.42 Å². The highest BCUT2D eigenvalue weighted by Crippen LogP contribution is 2.42. The minimum Gasteiger partial charge on any atom is -0.450 e. The van der Waals surface area contributed by atoms with E-state index in [0.29, 0.717) is 21.7 Å². The van der Waals surface area contributed by atoms with Crippen LogP contribution in [0.25, 0.3) is 21.7 Å². The van der Waals surface area contributed by atoms with Gasteiger partial charge in [-0.25, -0.2) is 4.98 Å². The molecular weight excluding hydrogens is 408 g/mol. The number of carbonyl (C=O) groups is 1. The number of aryl methyl sites for hydroxylation is 1. The predicted molar refractivity (Wildman–Crippen MR) is 122 cm³/mol. The highest BCUT2D eigenvalue weighted by Gasteiger charge is 2.44. The molecule has 1 unspecified atom stereocenters. The summed E-state index contributed by atoms with van der Waals surface area (Å²) >= 11 is 1.36. The van der Waals surface area contributed by atoms with Crippen LogP contribution in [0.5, 0.6) is 0 Å². The Morgan fingerprint density at radius 2 is 1.77 bits per heavy atom. The molecule has 0 aliphatic carbocycles. The Kier molecular flexibility index (Phi) is 3.85. The molecule has 0 saturated carbocycles. The van der Waals surface area contributed by atoms with Crippen LogP contribution in [0, 0.1) is 6.92 Å². The molecule has 1 atom stereocenters. The number of amides is 1. The van der Waals surface area contributed by atoms with E-state index in [4.69, 9.17) is 4.42 Å². The Balaban J connectivity index is 1.70. The summed E-state index contributed by atoms with van der Waals surface area (Å²) in [5, 5.41) is 4.60. The first-order chi connectivity index (χ1) is 15.1. The molecule has 2 aromatic heterocycles. The maximum atomic E-state index is 13.7. The molecule has 150 valence electrons. The number of anilines is 1. The molecular formula is C25H16N2O3S. The Morgan fingerprint density at radius 1 is 0.968 bits per heavy atom. The van der Waals surface area contributed by atoms with E-state index >= 15 is 0 Å². The van der Waals surface area contributed by atoms with Crippen molar-refractivity contribution in [1.29, 1.82) is 0 Å². The molecule has 1 aliphatic rings. The lowest BCUT2D eigenvalue weighted by molar-refractivity contribution is 0.0971. The first kappa shape index (κ1) is 18.0. The van der Waals surface area contributed by atoms with Gasteiger partial charge in [0.25, 0.3) is 5.91 Å². The van der Waals surface area contributed by atoms with Crippen molar-refractivity contribution in [3.8, 4) is 0 Å². The van der Waals surface area contributed by atoms with Crippen molar-refractivity contribution >= 4 is 44.1 Å². The molecule has 0 fully saturated rings. The van der Waals surface area contributed by atoms with Crippen molar-refractivity contribution in [2.24, 2.45) is 0 Å². The normalized spacial score (nSPS) is 15.7. The molecule has 0 radical (unpaired) electrons. The van der Waals surface area contributed by atoms with Crippen LogP contribution in [0.2, 0.25) is 0 Å². The molecule has 6 rings (SSSR count). The van der Waals surface area contributed by atoms with Crippen molar-refractivity contribution in [2.75, 3.05) is 4.90 Å². The first-order valence-electron chi connectivity index (χ1n) is 9.91. The molecule has 6 heteroatoms. The Bertz CT molecular complexity index is 1540. The van der Waals surface area contributed by atoms with Crippen LogP contribution in [-0.2, 0) is 0 Å². The van der Waals surface area contributed by atoms with E-state index in [2.05, 4.69) is 4.98 Å². The largest absolute Gasteiger partial charge is 0.450 e. The van der Waals surface area contributed by atoms with Gasteiger partial charge in [0.1, 0.15) is 5.58 Å². The molecule has 0 saturated heterocycles. The maximum absolute atomic E-state index is 13.7. The maximum Gasteiger partial charge on any atom is 0.297 e. The third-order valence-corrected chi connectivity index (χ3v) is 6.55. The molecule has 0 bridgehead atoms. The molecule has 1 amide bonds. The Morgan fingerprint density at radius 3 is 2.55 bits per heavy atom. The van der Waals surface area contributed by atoms with Gasteiger partial charge in [-0.1, -0.05) is 60.2 Å². The topological polar surface area (TPSA) is 63.4 Å². The van der Waals surface area contributed by atoms with Crippen LogP contribution in [0.4, 0.5) is 5.13 Å². The minimum atomic E-state index is -0.582. The number of hydrogen-bond acceptors (Lipinski definition) is 5. The molecule has 0 N–H and O–H groups in total. The quantitative estimate of drug-likeness (QED) is 0.353. The van der Waals surface area contributed by atoms with E-state index in [-0.39, 0.29) is 17.1 Å². The van der Waals surface area contributed by atoms with E-state index < -0.39 is 6.04 Å². The van der Waals surface area contributed by atoms with Gasteiger partial charge in [-0.05, 0) is 23.9 Å². The number of nitrogens with zero attached hydrogens (tertiary/aromatic N) is 2. The summed E-state index contributed by atoms with van der Waals surface area (Å²) in [7, 11) is 0. The lowest BCUT2D eigenvalue weighted by Crippen LogP contribution is -2.29. The van der Waals surface area contributed by atoms with E-state index in [1.807, 2.05) is 66.9 Å². The zero-order valence-corrected chi connectivity index (χ0v) is 17.3.